The van der Waals surface area contributed by atoms with Gasteiger partial charge in [0, 0.05) is 19.6 Å². The number of likely N-dealkylation sites (N-methyl/N-ethyl adjacent to an activating group) is 2. The van der Waals surface area contributed by atoms with Crippen molar-refractivity contribution in [1.29, 1.82) is 0 Å². The quantitative estimate of drug-likeness (QED) is 0.474. The van der Waals surface area contributed by atoms with Crippen molar-refractivity contribution in [2.24, 2.45) is 11.3 Å². The summed E-state index contributed by atoms with van der Waals surface area (Å²) in [6.45, 7) is 16.7. The van der Waals surface area contributed by atoms with E-state index < -0.39 is 22.9 Å². The van der Waals surface area contributed by atoms with Crippen molar-refractivity contribution in [1.82, 2.24) is 15.5 Å². The minimum absolute atomic E-state index is 0.103. The second-order valence-electron chi connectivity index (χ2n) is 11.2. The van der Waals surface area contributed by atoms with Gasteiger partial charge in [-0.15, -0.1) is 0 Å². The highest BCUT2D eigenvalue weighted by atomic mass is 16.5. The van der Waals surface area contributed by atoms with Crippen LogP contribution in [0.2, 0.25) is 0 Å². The predicted molar refractivity (Wildman–Crippen MR) is 141 cm³/mol. The van der Waals surface area contributed by atoms with Crippen LogP contribution < -0.4 is 10.6 Å². The summed E-state index contributed by atoms with van der Waals surface area (Å²) in [5, 5.41) is 6.29. The van der Waals surface area contributed by atoms with Gasteiger partial charge in [0.25, 0.3) is 0 Å². The Bertz CT molecular complexity index is 825. The molecule has 0 spiro atoms. The molecule has 0 saturated carbocycles. The molecule has 0 aromatic heterocycles. The Hall–Kier alpha value is -2.18. The first kappa shape index (κ1) is 29.9. The molecule has 2 N–H and O–H groups in total. The first-order valence-electron chi connectivity index (χ1n) is 12.1. The standard InChI is InChI=1S/C28H47N3O3/c1-19(2)22(17-20(3)18-34-11)31(10)26(33)24(27(4,5)6)30-25(32)23(29-9)28(7,8)21-15-13-12-14-16-21/h12-17,19,22-24,29H,18H2,1-11H3,(H,30,32)/t22-,23-,24?/m1/s1. The second-order valence-corrected chi connectivity index (χ2v) is 11.2. The van der Waals surface area contributed by atoms with Gasteiger partial charge in [-0.1, -0.05) is 84.9 Å². The van der Waals surface area contributed by atoms with Gasteiger partial charge in [-0.05, 0) is 36.4 Å². The fourth-order valence-electron chi connectivity index (χ4n) is 4.40. The predicted octanol–water partition coefficient (Wildman–Crippen LogP) is 4.16. The third-order valence-electron chi connectivity index (χ3n) is 6.50. The van der Waals surface area contributed by atoms with Gasteiger partial charge in [-0.25, -0.2) is 0 Å². The van der Waals surface area contributed by atoms with Crippen molar-refractivity contribution in [2.45, 2.75) is 78.9 Å². The summed E-state index contributed by atoms with van der Waals surface area (Å²) in [4.78, 5) is 29.1. The maximum absolute atomic E-state index is 13.8. The zero-order valence-electron chi connectivity index (χ0n) is 23.2. The average molecular weight is 474 g/mol. The summed E-state index contributed by atoms with van der Waals surface area (Å²) >= 11 is 0. The number of amides is 2. The molecule has 3 atom stereocenters. The van der Waals surface area contributed by atoms with Crippen molar-refractivity contribution < 1.29 is 14.3 Å². The fraction of sp³-hybridized carbons (Fsp3) is 0.643. The lowest BCUT2D eigenvalue weighted by atomic mass is 9.76. The molecule has 192 valence electrons. The molecule has 0 aliphatic heterocycles. The molecule has 0 saturated heterocycles. The second kappa shape index (κ2) is 12.5. The number of nitrogens with zero attached hydrogens (tertiary/aromatic N) is 1. The van der Waals surface area contributed by atoms with Gasteiger partial charge >= 0.3 is 0 Å². The van der Waals surface area contributed by atoms with E-state index in [2.05, 4.69) is 30.6 Å². The minimum atomic E-state index is -0.676. The van der Waals surface area contributed by atoms with Gasteiger partial charge < -0.3 is 20.3 Å². The van der Waals surface area contributed by atoms with Crippen molar-refractivity contribution in [3.8, 4) is 0 Å². The lowest BCUT2D eigenvalue weighted by molar-refractivity contribution is -0.140. The third-order valence-corrected chi connectivity index (χ3v) is 6.50. The molecule has 0 bridgehead atoms. The highest BCUT2D eigenvalue weighted by Gasteiger charge is 2.41. The van der Waals surface area contributed by atoms with E-state index in [1.807, 2.05) is 78.9 Å². The molecule has 0 aliphatic carbocycles. The van der Waals surface area contributed by atoms with Gasteiger partial charge in [-0.2, -0.15) is 0 Å². The van der Waals surface area contributed by atoms with E-state index >= 15 is 0 Å². The zero-order valence-corrected chi connectivity index (χ0v) is 23.2. The molecule has 0 heterocycles. The largest absolute Gasteiger partial charge is 0.380 e. The molecular formula is C28H47N3O3. The monoisotopic (exact) mass is 473 g/mol. The smallest absolute Gasteiger partial charge is 0.245 e. The molecule has 1 aromatic rings. The number of ether oxygens (including phenoxy) is 1. The molecule has 0 aliphatic rings. The van der Waals surface area contributed by atoms with E-state index in [0.717, 1.165) is 11.1 Å². The number of hydrogen-bond acceptors (Lipinski definition) is 4. The van der Waals surface area contributed by atoms with Gasteiger partial charge in [0.2, 0.25) is 11.8 Å². The summed E-state index contributed by atoms with van der Waals surface area (Å²) in [6.07, 6.45) is 2.09. The number of carbonyl (C=O) groups excluding carboxylic acids is 2. The summed E-state index contributed by atoms with van der Waals surface area (Å²) in [5.74, 6) is -0.0854. The molecule has 2 amide bonds. The van der Waals surface area contributed by atoms with Crippen LogP contribution in [-0.4, -0.2) is 62.7 Å². The minimum Gasteiger partial charge on any atom is -0.380 e. The molecule has 6 heteroatoms. The lowest BCUT2D eigenvalue weighted by Crippen LogP contribution is -2.61. The number of methoxy groups -OCH3 is 1. The van der Waals surface area contributed by atoms with Crippen molar-refractivity contribution in [2.75, 3.05) is 27.8 Å². The SMILES string of the molecule is CN[C@H](C(=O)NC(C(=O)N(C)[C@H](C=C(C)COC)C(C)C)C(C)(C)C)C(C)(C)c1ccccc1. The van der Waals surface area contributed by atoms with Crippen LogP contribution in [-0.2, 0) is 19.7 Å². The van der Waals surface area contributed by atoms with Gasteiger partial charge in [0.15, 0.2) is 0 Å². The topological polar surface area (TPSA) is 70.7 Å². The van der Waals surface area contributed by atoms with Crippen LogP contribution in [0, 0.1) is 11.3 Å². The van der Waals surface area contributed by atoms with Crippen LogP contribution in [0.4, 0.5) is 0 Å². The van der Waals surface area contributed by atoms with Crippen LogP contribution in [0.1, 0.15) is 61.0 Å². The van der Waals surface area contributed by atoms with Gasteiger partial charge in [0.1, 0.15) is 6.04 Å². The summed E-state index contributed by atoms with van der Waals surface area (Å²) in [5.41, 5.74) is 1.18. The first-order valence-corrected chi connectivity index (χ1v) is 12.1. The van der Waals surface area contributed by atoms with Gasteiger partial charge in [-0.3, -0.25) is 9.59 Å². The fourth-order valence-corrected chi connectivity index (χ4v) is 4.40. The summed E-state index contributed by atoms with van der Waals surface area (Å²) in [6, 6.07) is 8.68. The zero-order chi connectivity index (χ0) is 26.3. The number of benzene rings is 1. The van der Waals surface area contributed by atoms with Crippen LogP contribution in [0.25, 0.3) is 0 Å². The molecule has 34 heavy (non-hydrogen) atoms. The van der Waals surface area contributed by atoms with Crippen LogP contribution in [0.15, 0.2) is 42.0 Å². The molecular weight excluding hydrogens is 426 g/mol. The van der Waals surface area contributed by atoms with Gasteiger partial charge in [0.05, 0.1) is 18.7 Å². The van der Waals surface area contributed by atoms with E-state index in [1.165, 1.54) is 0 Å². The Kier molecular flexibility index (Phi) is 11.0. The normalized spacial score (nSPS) is 15.6. The highest BCUT2D eigenvalue weighted by molar-refractivity contribution is 5.91. The van der Waals surface area contributed by atoms with E-state index in [4.69, 9.17) is 4.74 Å². The molecule has 0 radical (unpaired) electrons. The Labute approximate surface area is 207 Å². The van der Waals surface area contributed by atoms with Crippen LogP contribution in [0.3, 0.4) is 0 Å². The Morgan fingerprint density at radius 3 is 2.06 bits per heavy atom. The van der Waals surface area contributed by atoms with E-state index in [9.17, 15) is 9.59 Å². The molecule has 0 fully saturated rings. The number of hydrogen-bond donors (Lipinski definition) is 2. The summed E-state index contributed by atoms with van der Waals surface area (Å²) in [7, 11) is 5.27. The number of rotatable bonds is 11. The molecule has 1 unspecified atom stereocenters. The van der Waals surface area contributed by atoms with Crippen molar-refractivity contribution in [3.63, 3.8) is 0 Å². The molecule has 6 nitrogen and oxygen atoms in total. The van der Waals surface area contributed by atoms with Crippen molar-refractivity contribution in [3.05, 3.63) is 47.5 Å². The summed E-state index contributed by atoms with van der Waals surface area (Å²) < 4.78 is 5.25. The van der Waals surface area contributed by atoms with E-state index in [0.29, 0.717) is 6.61 Å². The van der Waals surface area contributed by atoms with Crippen LogP contribution >= 0.6 is 0 Å². The van der Waals surface area contributed by atoms with Crippen LogP contribution in [0.5, 0.6) is 0 Å². The first-order chi connectivity index (χ1) is 15.7. The third kappa shape index (κ3) is 7.67. The Morgan fingerprint density at radius 1 is 1.06 bits per heavy atom. The number of nitrogens with one attached hydrogen (secondary N) is 2. The molecule has 1 rings (SSSR count). The Balaban J connectivity index is 3.25. The highest BCUT2D eigenvalue weighted by Crippen LogP contribution is 2.29. The lowest BCUT2D eigenvalue weighted by Gasteiger charge is -2.40. The van der Waals surface area contributed by atoms with E-state index in [1.54, 1.807) is 19.1 Å². The maximum atomic E-state index is 13.8. The molecule has 1 aromatic carbocycles. The number of carbonyl (C=O) groups is 2. The average Bonchev–Trinajstić information content (AvgIpc) is 2.75. The van der Waals surface area contributed by atoms with E-state index in [-0.39, 0.29) is 23.8 Å². The Morgan fingerprint density at radius 2 is 1.62 bits per heavy atom. The maximum Gasteiger partial charge on any atom is 0.245 e. The van der Waals surface area contributed by atoms with Crippen molar-refractivity contribution >= 4 is 11.8 Å².